The molecule has 0 aliphatic carbocycles. The van der Waals surface area contributed by atoms with E-state index in [1.807, 2.05) is 6.21 Å². The van der Waals surface area contributed by atoms with Crippen LogP contribution in [0.3, 0.4) is 0 Å². The number of carbonyl (C=O) groups excluding carboxylic acids is 1. The number of methoxy groups -OCH3 is 1. The third-order valence-corrected chi connectivity index (χ3v) is 3.46. The fourth-order valence-electron chi connectivity index (χ4n) is 2.42. The van der Waals surface area contributed by atoms with Crippen molar-refractivity contribution in [1.82, 2.24) is 4.90 Å². The number of hydrogen-bond donors (Lipinski definition) is 1. The van der Waals surface area contributed by atoms with Crippen LogP contribution in [0.2, 0.25) is 0 Å². The number of carbonyl (C=O) groups is 1. The molecule has 0 bridgehead atoms. The minimum Gasteiger partial charge on any atom is -0.469 e. The van der Waals surface area contributed by atoms with Gasteiger partial charge in [-0.1, -0.05) is 0 Å². The molecule has 17 heavy (non-hydrogen) atoms. The van der Waals surface area contributed by atoms with Crippen LogP contribution < -0.4 is 5.73 Å². The Morgan fingerprint density at radius 3 is 2.82 bits per heavy atom. The van der Waals surface area contributed by atoms with Crippen molar-refractivity contribution in [3.63, 3.8) is 0 Å². The van der Waals surface area contributed by atoms with E-state index in [-0.39, 0.29) is 11.9 Å². The van der Waals surface area contributed by atoms with Crippen molar-refractivity contribution >= 4 is 12.2 Å². The van der Waals surface area contributed by atoms with E-state index in [0.717, 1.165) is 38.0 Å². The van der Waals surface area contributed by atoms with Crippen molar-refractivity contribution in [3.05, 3.63) is 11.4 Å². The third-order valence-electron chi connectivity index (χ3n) is 3.46. The Kier molecular flexibility index (Phi) is 3.66. The first kappa shape index (κ1) is 12.0. The number of piperidine rings is 1. The van der Waals surface area contributed by atoms with Crippen molar-refractivity contribution in [2.75, 3.05) is 26.7 Å². The predicted molar refractivity (Wildman–Crippen MR) is 65.5 cm³/mol. The van der Waals surface area contributed by atoms with Crippen LogP contribution in [0.15, 0.2) is 16.4 Å². The van der Waals surface area contributed by atoms with Gasteiger partial charge in [0.2, 0.25) is 0 Å². The van der Waals surface area contributed by atoms with Crippen molar-refractivity contribution in [2.45, 2.75) is 19.3 Å². The average molecular weight is 237 g/mol. The second-order valence-corrected chi connectivity index (χ2v) is 4.48. The zero-order valence-corrected chi connectivity index (χ0v) is 10.2. The largest absolute Gasteiger partial charge is 0.469 e. The highest BCUT2D eigenvalue weighted by molar-refractivity contribution is 5.72. The number of nitrogens with two attached hydrogens (primary N) is 1. The molecule has 2 aliphatic rings. The molecule has 2 N–H and O–H groups in total. The van der Waals surface area contributed by atoms with E-state index in [9.17, 15) is 4.79 Å². The van der Waals surface area contributed by atoms with E-state index in [4.69, 9.17) is 10.5 Å². The highest BCUT2D eigenvalue weighted by Gasteiger charge is 2.27. The van der Waals surface area contributed by atoms with Crippen LogP contribution in [0.4, 0.5) is 0 Å². The Bertz CT molecular complexity index is 355. The summed E-state index contributed by atoms with van der Waals surface area (Å²) in [6, 6.07) is 0. The maximum absolute atomic E-state index is 11.4. The van der Waals surface area contributed by atoms with E-state index in [2.05, 4.69) is 9.89 Å². The summed E-state index contributed by atoms with van der Waals surface area (Å²) in [6.07, 6.45) is 4.42. The van der Waals surface area contributed by atoms with Crippen LogP contribution in [0.1, 0.15) is 19.3 Å². The first-order valence-electron chi connectivity index (χ1n) is 6.01. The highest BCUT2D eigenvalue weighted by Crippen LogP contribution is 2.24. The fourth-order valence-corrected chi connectivity index (χ4v) is 2.42. The number of rotatable bonds is 2. The summed E-state index contributed by atoms with van der Waals surface area (Å²) in [5, 5.41) is 0. The van der Waals surface area contributed by atoms with Gasteiger partial charge in [-0.3, -0.25) is 9.79 Å². The minimum absolute atomic E-state index is 0.0512. The van der Waals surface area contributed by atoms with Gasteiger partial charge in [0, 0.05) is 37.1 Å². The van der Waals surface area contributed by atoms with Crippen molar-refractivity contribution in [3.8, 4) is 0 Å². The number of esters is 1. The molecular weight excluding hydrogens is 218 g/mol. The molecule has 1 fully saturated rings. The topological polar surface area (TPSA) is 67.9 Å². The lowest BCUT2D eigenvalue weighted by Crippen LogP contribution is -2.38. The summed E-state index contributed by atoms with van der Waals surface area (Å²) in [6.45, 7) is 2.36. The maximum Gasteiger partial charge on any atom is 0.308 e. The number of dihydropyridines is 1. The van der Waals surface area contributed by atoms with Crippen molar-refractivity contribution < 1.29 is 9.53 Å². The number of nitrogens with zero attached hydrogens (tertiary/aromatic N) is 2. The molecule has 0 saturated carbocycles. The van der Waals surface area contributed by atoms with Crippen LogP contribution in [-0.2, 0) is 9.53 Å². The van der Waals surface area contributed by atoms with Gasteiger partial charge >= 0.3 is 5.97 Å². The molecule has 0 aromatic rings. The molecule has 2 heterocycles. The van der Waals surface area contributed by atoms with Gasteiger partial charge in [0.15, 0.2) is 0 Å². The Balaban J connectivity index is 1.93. The predicted octanol–water partition coefficient (Wildman–Crippen LogP) is 0.516. The zero-order chi connectivity index (χ0) is 12.3. The molecule has 0 amide bonds. The molecule has 2 aliphatic heterocycles. The molecule has 5 heteroatoms. The minimum atomic E-state index is -0.0863. The van der Waals surface area contributed by atoms with Gasteiger partial charge in [0.05, 0.1) is 19.6 Å². The second-order valence-electron chi connectivity index (χ2n) is 4.48. The van der Waals surface area contributed by atoms with Gasteiger partial charge in [-0.05, 0) is 12.8 Å². The molecule has 0 radical (unpaired) electrons. The van der Waals surface area contributed by atoms with Crippen molar-refractivity contribution in [2.24, 2.45) is 16.6 Å². The highest BCUT2D eigenvalue weighted by atomic mass is 16.5. The Morgan fingerprint density at radius 2 is 2.24 bits per heavy atom. The first-order valence-corrected chi connectivity index (χ1v) is 6.01. The number of allylic oxidation sites excluding steroid dienone is 1. The summed E-state index contributed by atoms with van der Waals surface area (Å²) < 4.78 is 4.78. The first-order chi connectivity index (χ1) is 8.22. The molecule has 0 unspecified atom stereocenters. The number of aliphatic imine (C=N–C) groups is 1. The smallest absolute Gasteiger partial charge is 0.308 e. The average Bonchev–Trinajstić information content (AvgIpc) is 2.39. The molecule has 0 aromatic carbocycles. The summed E-state index contributed by atoms with van der Waals surface area (Å²) in [4.78, 5) is 17.8. The quantitative estimate of drug-likeness (QED) is 0.711. The monoisotopic (exact) mass is 237 g/mol. The van der Waals surface area contributed by atoms with Crippen LogP contribution >= 0.6 is 0 Å². The molecule has 2 rings (SSSR count). The van der Waals surface area contributed by atoms with E-state index in [0.29, 0.717) is 6.54 Å². The van der Waals surface area contributed by atoms with Gasteiger partial charge < -0.3 is 15.4 Å². The molecular formula is C12H19N3O2. The SMILES string of the molecule is COC(=O)C1CCN(C2=C(N)CN=CC2)CC1. The summed E-state index contributed by atoms with van der Waals surface area (Å²) in [5.41, 5.74) is 8.01. The lowest BCUT2D eigenvalue weighted by atomic mass is 9.96. The Morgan fingerprint density at radius 1 is 1.53 bits per heavy atom. The third kappa shape index (κ3) is 2.60. The zero-order valence-electron chi connectivity index (χ0n) is 10.2. The fraction of sp³-hybridized carbons (Fsp3) is 0.667. The Labute approximate surface area is 101 Å². The van der Waals surface area contributed by atoms with Crippen LogP contribution in [0.25, 0.3) is 0 Å². The van der Waals surface area contributed by atoms with E-state index in [1.54, 1.807) is 0 Å². The number of hydrogen-bond acceptors (Lipinski definition) is 5. The summed E-state index contributed by atoms with van der Waals surface area (Å²) in [5.74, 6) is -0.0351. The van der Waals surface area contributed by atoms with Crippen LogP contribution in [0.5, 0.6) is 0 Å². The lowest BCUT2D eigenvalue weighted by Gasteiger charge is -2.35. The van der Waals surface area contributed by atoms with Crippen LogP contribution in [0, 0.1) is 5.92 Å². The molecule has 0 spiro atoms. The number of likely N-dealkylation sites (tertiary alicyclic amines) is 1. The molecule has 1 saturated heterocycles. The van der Waals surface area contributed by atoms with Gasteiger partial charge in [0.1, 0.15) is 0 Å². The van der Waals surface area contributed by atoms with E-state index in [1.165, 1.54) is 12.8 Å². The number of ether oxygens (including phenoxy) is 1. The molecule has 0 atom stereocenters. The van der Waals surface area contributed by atoms with E-state index < -0.39 is 0 Å². The molecule has 5 nitrogen and oxygen atoms in total. The summed E-state index contributed by atoms with van der Waals surface area (Å²) in [7, 11) is 1.45. The van der Waals surface area contributed by atoms with Gasteiger partial charge in [-0.15, -0.1) is 0 Å². The normalized spacial score (nSPS) is 21.8. The molecule has 94 valence electrons. The maximum atomic E-state index is 11.4. The second kappa shape index (κ2) is 5.21. The summed E-state index contributed by atoms with van der Waals surface area (Å²) >= 11 is 0. The lowest BCUT2D eigenvalue weighted by molar-refractivity contribution is -0.146. The van der Waals surface area contributed by atoms with Gasteiger partial charge in [0.25, 0.3) is 0 Å². The molecule has 0 aromatic heterocycles. The van der Waals surface area contributed by atoms with Gasteiger partial charge in [-0.25, -0.2) is 0 Å². The van der Waals surface area contributed by atoms with Gasteiger partial charge in [-0.2, -0.15) is 0 Å². The van der Waals surface area contributed by atoms with Crippen LogP contribution in [-0.4, -0.2) is 43.8 Å². The van der Waals surface area contributed by atoms with E-state index >= 15 is 0 Å². The standard InChI is InChI=1S/C12H19N3O2/c1-17-12(16)9-3-6-15(7-4-9)11-2-5-14-8-10(11)13/h5,9H,2-4,6-8,13H2,1H3. The van der Waals surface area contributed by atoms with Crippen molar-refractivity contribution in [1.29, 1.82) is 0 Å². The Hall–Kier alpha value is -1.52.